The Balaban J connectivity index is 1.48. The van der Waals surface area contributed by atoms with Crippen molar-refractivity contribution in [3.63, 3.8) is 0 Å². The van der Waals surface area contributed by atoms with Crippen LogP contribution in [0.3, 0.4) is 0 Å². The van der Waals surface area contributed by atoms with Crippen LogP contribution in [-0.2, 0) is 17.3 Å². The van der Waals surface area contributed by atoms with Crippen LogP contribution in [0.25, 0.3) is 11.1 Å². The zero-order chi connectivity index (χ0) is 31.1. The van der Waals surface area contributed by atoms with Crippen LogP contribution in [-0.4, -0.2) is 22.0 Å². The molecule has 1 aliphatic heterocycles. The topological polar surface area (TPSA) is 0 Å². The highest BCUT2D eigenvalue weighted by Crippen LogP contribution is 2.76. The number of hydrogen-bond donors (Lipinski definition) is 0. The van der Waals surface area contributed by atoms with Gasteiger partial charge in [0.05, 0.1) is 0 Å². The van der Waals surface area contributed by atoms with E-state index in [1.165, 1.54) is 40.2 Å². The van der Waals surface area contributed by atoms with Gasteiger partial charge in [-0.2, -0.15) is 0 Å². The van der Waals surface area contributed by atoms with Crippen molar-refractivity contribution >= 4 is 21.8 Å². The number of rotatable bonds is 5. The minimum absolute atomic E-state index is 0.121. The van der Waals surface area contributed by atoms with E-state index in [0.29, 0.717) is 17.1 Å². The van der Waals surface area contributed by atoms with Gasteiger partial charge in [-0.25, -0.2) is 10.0 Å². The first kappa shape index (κ1) is 31.3. The lowest BCUT2D eigenvalue weighted by Gasteiger charge is -2.54. The molecule has 0 nitrogen and oxygen atoms in total. The maximum atomic E-state index is 2.63. The molecular formula is C41H56S2. The van der Waals surface area contributed by atoms with E-state index in [1.54, 1.807) is 21.6 Å². The first-order chi connectivity index (χ1) is 20.2. The summed E-state index contributed by atoms with van der Waals surface area (Å²) < 4.78 is 0. The Hall–Kier alpha value is -1.64. The van der Waals surface area contributed by atoms with Gasteiger partial charge in [-0.05, 0) is 91.5 Å². The van der Waals surface area contributed by atoms with Crippen molar-refractivity contribution in [2.24, 2.45) is 17.8 Å². The zero-order valence-electron chi connectivity index (χ0n) is 28.8. The van der Waals surface area contributed by atoms with E-state index < -0.39 is 10.0 Å². The van der Waals surface area contributed by atoms with Crippen LogP contribution >= 0.6 is 21.8 Å². The Kier molecular flexibility index (Phi) is 8.03. The average Bonchev–Trinajstić information content (AvgIpc) is 3.58. The largest absolute Gasteiger partial charge is 0.230 e. The Morgan fingerprint density at radius 1 is 0.744 bits per heavy atom. The molecule has 0 spiro atoms. The number of benzene rings is 3. The summed E-state index contributed by atoms with van der Waals surface area (Å²) in [4.78, 5) is 1.57. The smallest absolute Gasteiger partial charge is 0.0273 e. The molecule has 0 aromatic heterocycles. The van der Waals surface area contributed by atoms with Crippen molar-refractivity contribution in [1.29, 1.82) is 0 Å². The van der Waals surface area contributed by atoms with Gasteiger partial charge in [0.25, 0.3) is 0 Å². The van der Waals surface area contributed by atoms with Gasteiger partial charge < -0.3 is 0 Å². The summed E-state index contributed by atoms with van der Waals surface area (Å²) in [6.07, 6.45) is 1.22. The van der Waals surface area contributed by atoms with Crippen molar-refractivity contribution in [1.82, 2.24) is 0 Å². The summed E-state index contributed by atoms with van der Waals surface area (Å²) >= 11 is 2.25. The molecule has 2 aliphatic carbocycles. The first-order valence-electron chi connectivity index (χ1n) is 17.0. The van der Waals surface area contributed by atoms with Crippen molar-refractivity contribution in [3.05, 3.63) is 88.5 Å². The van der Waals surface area contributed by atoms with E-state index in [0.717, 1.165) is 22.3 Å². The number of hydrogen-bond acceptors (Lipinski definition) is 1. The van der Waals surface area contributed by atoms with Crippen molar-refractivity contribution < 1.29 is 0 Å². The van der Waals surface area contributed by atoms with Crippen molar-refractivity contribution in [2.45, 2.75) is 120 Å². The van der Waals surface area contributed by atoms with Gasteiger partial charge in [0.1, 0.15) is 0 Å². The Bertz CT molecular complexity index is 1460. The second-order valence-corrected chi connectivity index (χ2v) is 21.6. The van der Waals surface area contributed by atoms with Gasteiger partial charge in [0, 0.05) is 26.6 Å². The van der Waals surface area contributed by atoms with E-state index in [4.69, 9.17) is 0 Å². The Morgan fingerprint density at radius 2 is 1.35 bits per heavy atom. The van der Waals surface area contributed by atoms with Crippen LogP contribution in [0.2, 0.25) is 0 Å². The molecule has 0 bridgehead atoms. The average molecular weight is 613 g/mol. The van der Waals surface area contributed by atoms with Crippen LogP contribution in [0.5, 0.6) is 0 Å². The third-order valence-corrected chi connectivity index (χ3v) is 19.1. The molecule has 7 unspecified atom stereocenters. The Labute approximate surface area is 269 Å². The lowest BCUT2D eigenvalue weighted by atomic mass is 9.78. The molecule has 3 aromatic rings. The molecule has 0 N–H and O–H groups in total. The van der Waals surface area contributed by atoms with Crippen molar-refractivity contribution in [3.8, 4) is 11.1 Å². The summed E-state index contributed by atoms with van der Waals surface area (Å²) in [6.45, 7) is 27.1. The van der Waals surface area contributed by atoms with E-state index in [9.17, 15) is 0 Å². The van der Waals surface area contributed by atoms with Gasteiger partial charge in [-0.3, -0.25) is 0 Å². The maximum absolute atomic E-state index is 2.63. The molecule has 1 saturated carbocycles. The molecule has 0 amide bonds. The lowest BCUT2D eigenvalue weighted by molar-refractivity contribution is 0.424. The van der Waals surface area contributed by atoms with Gasteiger partial charge in [-0.1, -0.05) is 131 Å². The predicted octanol–water partition coefficient (Wildman–Crippen LogP) is 11.9. The molecule has 0 saturated heterocycles. The molecule has 1 fully saturated rings. The van der Waals surface area contributed by atoms with E-state index >= 15 is 0 Å². The summed E-state index contributed by atoms with van der Waals surface area (Å²) in [5.41, 5.74) is 11.1. The van der Waals surface area contributed by atoms with Gasteiger partial charge in [0.2, 0.25) is 0 Å². The third-order valence-electron chi connectivity index (χ3n) is 11.8. The fraction of sp³-hybridized carbons (Fsp3) is 0.561. The quantitative estimate of drug-likeness (QED) is 0.276. The number of fused-ring (bicyclic) bond motifs is 4. The van der Waals surface area contributed by atoms with Crippen LogP contribution in [0.15, 0.2) is 65.6 Å². The molecule has 1 heterocycles. The van der Waals surface area contributed by atoms with E-state index in [1.807, 2.05) is 0 Å². The van der Waals surface area contributed by atoms with Crippen molar-refractivity contribution in [2.75, 3.05) is 11.5 Å². The number of thioether (sulfide) groups is 1. The molecule has 232 valence electrons. The highest BCUT2D eigenvalue weighted by Gasteiger charge is 2.58. The fourth-order valence-electron chi connectivity index (χ4n) is 9.32. The summed E-state index contributed by atoms with van der Waals surface area (Å²) in [5, 5.41) is 2.22. The second kappa shape index (κ2) is 11.0. The maximum Gasteiger partial charge on any atom is 0.0273 e. The molecule has 7 atom stereocenters. The normalized spacial score (nSPS) is 29.0. The molecule has 3 aromatic carbocycles. The highest BCUT2D eigenvalue weighted by molar-refractivity contribution is 8.34. The highest BCUT2D eigenvalue weighted by atomic mass is 32.3. The second-order valence-electron chi connectivity index (χ2n) is 16.2. The van der Waals surface area contributed by atoms with Crippen LogP contribution in [0.1, 0.15) is 115 Å². The van der Waals surface area contributed by atoms with Crippen LogP contribution in [0, 0.1) is 17.8 Å². The first-order valence-corrected chi connectivity index (χ1v) is 20.0. The Morgan fingerprint density at radius 3 is 1.95 bits per heavy atom. The molecule has 0 radical (unpaired) electrons. The third kappa shape index (κ3) is 4.97. The minimum atomic E-state index is -0.928. The van der Waals surface area contributed by atoms with Crippen LogP contribution < -0.4 is 0 Å². The molecular weight excluding hydrogens is 557 g/mol. The zero-order valence-corrected chi connectivity index (χ0v) is 30.4. The summed E-state index contributed by atoms with van der Waals surface area (Å²) in [5.74, 6) is 5.60. The fourth-order valence-corrected chi connectivity index (χ4v) is 17.7. The lowest BCUT2D eigenvalue weighted by Crippen LogP contribution is -2.36. The predicted molar refractivity (Wildman–Crippen MR) is 195 cm³/mol. The van der Waals surface area contributed by atoms with Crippen LogP contribution in [0.4, 0.5) is 0 Å². The van der Waals surface area contributed by atoms with E-state index in [2.05, 4.69) is 149 Å². The standard InChI is InChI=1S/C41H56S2/c1-12-43(13-2,39-27(5)26(4)36-33-17-14-15-20-35(33)42-37(36)39)38-25(3)21-34-31(18-16-19-32(34)38)28-22-29(40(6,7)8)24-30(23-28)41(9,10)11/h14-20,22-27,36-39H,12-13,21H2,1-11H3. The van der Waals surface area contributed by atoms with Gasteiger partial charge >= 0.3 is 0 Å². The molecule has 43 heavy (non-hydrogen) atoms. The van der Waals surface area contributed by atoms with E-state index in [-0.39, 0.29) is 10.8 Å². The molecule has 6 rings (SSSR count). The molecule has 3 aliphatic rings. The molecule has 2 heteroatoms. The van der Waals surface area contributed by atoms with Gasteiger partial charge in [0.15, 0.2) is 0 Å². The SMILES string of the molecule is CCS(CC)(C1c2cccc(-c3cc(C(C)(C)C)cc(C(C)(C)C)c3)c2CC1C)C1C(C)C(C)C2c3ccccc3SC21. The van der Waals surface area contributed by atoms with Gasteiger partial charge in [-0.15, -0.1) is 11.8 Å². The minimum Gasteiger partial charge on any atom is -0.230 e. The summed E-state index contributed by atoms with van der Waals surface area (Å²) in [6, 6.07) is 24.3. The summed E-state index contributed by atoms with van der Waals surface area (Å²) in [7, 11) is -0.928. The monoisotopic (exact) mass is 612 g/mol.